The van der Waals surface area contributed by atoms with Gasteiger partial charge in [0.1, 0.15) is 17.2 Å². The smallest absolute Gasteiger partial charge is 0.124 e. The zero-order chi connectivity index (χ0) is 13.4. The summed E-state index contributed by atoms with van der Waals surface area (Å²) in [6.45, 7) is 0.517. The molecule has 4 heteroatoms. The lowest BCUT2D eigenvalue weighted by molar-refractivity contribution is 0.445. The molecular weight excluding hydrogens is 242 g/mol. The maximum Gasteiger partial charge on any atom is 0.124 e. The maximum atomic E-state index is 9.89. The first-order valence-electron chi connectivity index (χ1n) is 5.92. The van der Waals surface area contributed by atoms with E-state index in [0.29, 0.717) is 6.54 Å². The van der Waals surface area contributed by atoms with Crippen LogP contribution in [0.1, 0.15) is 11.1 Å². The van der Waals surface area contributed by atoms with Crippen LogP contribution >= 0.6 is 0 Å². The first-order chi connectivity index (χ1) is 9.13. The number of nitrogens with zero attached hydrogens (tertiary/aromatic N) is 1. The molecule has 2 aromatic carbocycles. The van der Waals surface area contributed by atoms with Gasteiger partial charge in [-0.25, -0.2) is 0 Å². The summed E-state index contributed by atoms with van der Waals surface area (Å²) in [5.74, 6) is 0.361. The second-order valence-corrected chi connectivity index (χ2v) is 4.49. The lowest BCUT2D eigenvalue weighted by Crippen LogP contribution is -2.18. The van der Waals surface area contributed by atoms with Crippen molar-refractivity contribution in [2.75, 3.05) is 4.90 Å². The van der Waals surface area contributed by atoms with Crippen LogP contribution in [0.3, 0.4) is 0 Å². The normalized spacial score (nSPS) is 13.4. The van der Waals surface area contributed by atoms with Crippen molar-refractivity contribution in [3.8, 4) is 17.2 Å². The summed E-state index contributed by atoms with van der Waals surface area (Å²) in [6, 6.07) is 9.82. The van der Waals surface area contributed by atoms with Gasteiger partial charge in [0.25, 0.3) is 0 Å². The predicted molar refractivity (Wildman–Crippen MR) is 73.1 cm³/mol. The molecule has 0 spiro atoms. The van der Waals surface area contributed by atoms with Gasteiger partial charge < -0.3 is 20.2 Å². The second kappa shape index (κ2) is 4.24. The molecule has 3 rings (SSSR count). The molecule has 0 saturated carbocycles. The molecule has 0 amide bonds. The molecule has 0 aromatic heterocycles. The van der Waals surface area contributed by atoms with Crippen molar-refractivity contribution in [2.45, 2.75) is 6.54 Å². The van der Waals surface area contributed by atoms with Crippen LogP contribution < -0.4 is 4.90 Å². The SMILES string of the molecule is Oc1ccc(N2C=Cc3cc(O)cc(O)c3C2)cc1. The quantitative estimate of drug-likeness (QED) is 0.733. The van der Waals surface area contributed by atoms with Crippen LogP contribution in [0.25, 0.3) is 6.08 Å². The van der Waals surface area contributed by atoms with E-state index in [0.717, 1.165) is 16.8 Å². The van der Waals surface area contributed by atoms with E-state index in [4.69, 9.17) is 0 Å². The van der Waals surface area contributed by atoms with Crippen molar-refractivity contribution in [2.24, 2.45) is 0 Å². The lowest BCUT2D eigenvalue weighted by Gasteiger charge is -2.26. The highest BCUT2D eigenvalue weighted by atomic mass is 16.3. The molecule has 96 valence electrons. The minimum absolute atomic E-state index is 0.0546. The van der Waals surface area contributed by atoms with Gasteiger partial charge in [-0.3, -0.25) is 0 Å². The fourth-order valence-corrected chi connectivity index (χ4v) is 2.20. The third-order valence-corrected chi connectivity index (χ3v) is 3.19. The Morgan fingerprint density at radius 2 is 1.63 bits per heavy atom. The van der Waals surface area contributed by atoms with Crippen LogP contribution in [-0.4, -0.2) is 15.3 Å². The molecule has 19 heavy (non-hydrogen) atoms. The molecule has 0 bridgehead atoms. The average Bonchev–Trinajstić information content (AvgIpc) is 2.39. The minimum Gasteiger partial charge on any atom is -0.508 e. The Labute approximate surface area is 110 Å². The van der Waals surface area contributed by atoms with Crippen molar-refractivity contribution in [1.82, 2.24) is 0 Å². The molecule has 0 unspecified atom stereocenters. The van der Waals surface area contributed by atoms with Crippen LogP contribution in [0.2, 0.25) is 0 Å². The van der Waals surface area contributed by atoms with Crippen molar-refractivity contribution in [3.63, 3.8) is 0 Å². The molecule has 2 aromatic rings. The third-order valence-electron chi connectivity index (χ3n) is 3.19. The summed E-state index contributed by atoms with van der Waals surface area (Å²) in [6.07, 6.45) is 3.72. The van der Waals surface area contributed by atoms with E-state index in [1.165, 1.54) is 6.07 Å². The Morgan fingerprint density at radius 3 is 2.37 bits per heavy atom. The van der Waals surface area contributed by atoms with Gasteiger partial charge in [0.15, 0.2) is 0 Å². The largest absolute Gasteiger partial charge is 0.508 e. The molecule has 0 radical (unpaired) electrons. The van der Waals surface area contributed by atoms with Gasteiger partial charge in [-0.15, -0.1) is 0 Å². The summed E-state index contributed by atoms with van der Waals surface area (Å²) >= 11 is 0. The minimum atomic E-state index is 0.0546. The molecule has 1 aliphatic heterocycles. The summed E-state index contributed by atoms with van der Waals surface area (Å²) in [5, 5.41) is 28.6. The number of rotatable bonds is 1. The molecule has 1 heterocycles. The maximum absolute atomic E-state index is 9.89. The van der Waals surface area contributed by atoms with Gasteiger partial charge in [-0.2, -0.15) is 0 Å². The number of hydrogen-bond acceptors (Lipinski definition) is 4. The molecule has 0 fully saturated rings. The number of benzene rings is 2. The van der Waals surface area contributed by atoms with Gasteiger partial charge in [0.05, 0.1) is 6.54 Å². The van der Waals surface area contributed by atoms with Crippen molar-refractivity contribution < 1.29 is 15.3 Å². The summed E-state index contributed by atoms with van der Waals surface area (Å²) in [7, 11) is 0. The zero-order valence-electron chi connectivity index (χ0n) is 10.1. The molecule has 0 saturated heterocycles. The van der Waals surface area contributed by atoms with Crippen molar-refractivity contribution in [1.29, 1.82) is 0 Å². The van der Waals surface area contributed by atoms with E-state index in [1.807, 2.05) is 29.3 Å². The first kappa shape index (κ1) is 11.5. The Balaban J connectivity index is 1.97. The molecule has 0 aliphatic carbocycles. The van der Waals surface area contributed by atoms with Crippen LogP contribution in [0.5, 0.6) is 17.2 Å². The molecule has 3 N–H and O–H groups in total. The first-order valence-corrected chi connectivity index (χ1v) is 5.92. The van der Waals surface area contributed by atoms with Crippen LogP contribution in [-0.2, 0) is 6.54 Å². The van der Waals surface area contributed by atoms with E-state index in [1.54, 1.807) is 18.2 Å². The average molecular weight is 255 g/mol. The van der Waals surface area contributed by atoms with Gasteiger partial charge in [0.2, 0.25) is 0 Å². The number of phenols is 3. The van der Waals surface area contributed by atoms with E-state index in [9.17, 15) is 15.3 Å². The highest BCUT2D eigenvalue weighted by Gasteiger charge is 2.16. The standard InChI is InChI=1S/C15H13NO3/c17-12-3-1-11(2-4-12)16-6-5-10-7-13(18)8-15(19)14(10)9-16/h1-8,17-19H,9H2. The zero-order valence-corrected chi connectivity index (χ0v) is 10.1. The Morgan fingerprint density at radius 1 is 0.895 bits per heavy atom. The monoisotopic (exact) mass is 255 g/mol. The van der Waals surface area contributed by atoms with Gasteiger partial charge >= 0.3 is 0 Å². The van der Waals surface area contributed by atoms with Crippen LogP contribution in [0.4, 0.5) is 5.69 Å². The fourth-order valence-electron chi connectivity index (χ4n) is 2.20. The summed E-state index contributed by atoms with van der Waals surface area (Å²) in [5.41, 5.74) is 2.51. The van der Waals surface area contributed by atoms with E-state index in [-0.39, 0.29) is 17.2 Å². The number of aromatic hydroxyl groups is 3. The lowest BCUT2D eigenvalue weighted by atomic mass is 10.0. The highest BCUT2D eigenvalue weighted by Crippen LogP contribution is 2.34. The molecule has 4 nitrogen and oxygen atoms in total. The Kier molecular flexibility index (Phi) is 2.56. The fraction of sp³-hybridized carbons (Fsp3) is 0.0667. The topological polar surface area (TPSA) is 63.9 Å². The second-order valence-electron chi connectivity index (χ2n) is 4.49. The summed E-state index contributed by atoms with van der Waals surface area (Å²) < 4.78 is 0. The Hall–Kier alpha value is -2.62. The van der Waals surface area contributed by atoms with E-state index in [2.05, 4.69) is 0 Å². The number of phenolic OH excluding ortho intramolecular Hbond substituents is 3. The van der Waals surface area contributed by atoms with Crippen molar-refractivity contribution in [3.05, 3.63) is 53.7 Å². The molecular formula is C15H13NO3. The van der Waals surface area contributed by atoms with E-state index < -0.39 is 0 Å². The number of anilines is 1. The predicted octanol–water partition coefficient (Wildman–Crippen LogP) is 2.79. The summed E-state index contributed by atoms with van der Waals surface area (Å²) in [4.78, 5) is 1.96. The van der Waals surface area contributed by atoms with Gasteiger partial charge in [-0.05, 0) is 42.0 Å². The van der Waals surface area contributed by atoms with Gasteiger partial charge in [-0.1, -0.05) is 0 Å². The van der Waals surface area contributed by atoms with Crippen LogP contribution in [0, 0.1) is 0 Å². The van der Waals surface area contributed by atoms with Crippen LogP contribution in [0.15, 0.2) is 42.6 Å². The highest BCUT2D eigenvalue weighted by molar-refractivity contribution is 5.68. The Bertz CT molecular complexity index is 647. The third kappa shape index (κ3) is 2.08. The molecule has 1 aliphatic rings. The van der Waals surface area contributed by atoms with Crippen molar-refractivity contribution >= 4 is 11.8 Å². The number of fused-ring (bicyclic) bond motifs is 1. The van der Waals surface area contributed by atoms with Gasteiger partial charge in [0, 0.05) is 23.5 Å². The number of hydrogen-bond donors (Lipinski definition) is 3. The van der Waals surface area contributed by atoms with E-state index >= 15 is 0 Å². The molecule has 0 atom stereocenters.